The fraction of sp³-hybridized carbons (Fsp3) is 0.542. The van der Waals surface area contributed by atoms with Crippen LogP contribution in [-0.4, -0.2) is 63.5 Å². The van der Waals surface area contributed by atoms with Crippen molar-refractivity contribution < 1.29 is 41.8 Å². The molecule has 1 unspecified atom stereocenters. The monoisotopic (exact) mass is 560 g/mol. The molecule has 0 amide bonds. The first kappa shape index (κ1) is 29.7. The molecule has 1 aromatic carbocycles. The minimum atomic E-state index is -4.21. The van der Waals surface area contributed by atoms with Gasteiger partial charge < -0.3 is 19.1 Å². The Balaban J connectivity index is 1.89. The number of carbonyl (C=O) groups excluding carboxylic acids is 1. The van der Waals surface area contributed by atoms with Gasteiger partial charge in [0, 0.05) is 12.3 Å². The average molecular weight is 560 g/mol. The van der Waals surface area contributed by atoms with Gasteiger partial charge in [-0.25, -0.2) is 18.1 Å². The van der Waals surface area contributed by atoms with Gasteiger partial charge in [0.2, 0.25) is 5.67 Å². The van der Waals surface area contributed by atoms with Crippen molar-refractivity contribution in [2.75, 3.05) is 12.8 Å². The molecule has 210 valence electrons. The molecule has 38 heavy (non-hydrogen) atoms. The Morgan fingerprint density at radius 3 is 2.45 bits per heavy atom. The number of nitrogens with zero attached hydrogens (tertiary/aromatic N) is 1. The van der Waals surface area contributed by atoms with E-state index in [4.69, 9.17) is 18.5 Å². The standard InChI is InChI=1S/C24H31F2N2O9P/c1-14(2)34-21(31)15(3)12-38(33,37-17-8-6-5-7-9-17)36-16(4)19-20(30)24(26,13-25)22(35-19)28-11-10-18(29)27-23(28)32/h5-11,14-16,19-20,22,30H,12-13H2,1-4H3,(H,27,29,32)/t15-,16+,19-,20+,22-,24?,38-/m1/s1. The largest absolute Gasteiger partial charge is 0.463 e. The number of aliphatic hydroxyl groups excluding tert-OH is 1. The lowest BCUT2D eigenvalue weighted by atomic mass is 9.95. The molecule has 14 heteroatoms. The van der Waals surface area contributed by atoms with Crippen molar-refractivity contribution in [3.8, 4) is 5.75 Å². The lowest BCUT2D eigenvalue weighted by Crippen LogP contribution is -2.48. The van der Waals surface area contributed by atoms with Crippen LogP contribution in [0.1, 0.15) is 33.9 Å². The number of aromatic amines is 1. The molecule has 3 rings (SSSR count). The van der Waals surface area contributed by atoms with Crippen molar-refractivity contribution in [1.82, 2.24) is 9.55 Å². The summed E-state index contributed by atoms with van der Waals surface area (Å²) in [5, 5.41) is 10.7. The molecule has 1 fully saturated rings. The molecule has 0 bridgehead atoms. The Morgan fingerprint density at radius 1 is 1.21 bits per heavy atom. The van der Waals surface area contributed by atoms with E-state index in [-0.39, 0.29) is 5.75 Å². The first-order chi connectivity index (χ1) is 17.8. The summed E-state index contributed by atoms with van der Waals surface area (Å²) in [5.41, 5.74) is -4.97. The molecule has 2 aromatic rings. The van der Waals surface area contributed by atoms with E-state index in [2.05, 4.69) is 0 Å². The molecule has 0 radical (unpaired) electrons. The predicted molar refractivity (Wildman–Crippen MR) is 132 cm³/mol. The average Bonchev–Trinajstić information content (AvgIpc) is 3.10. The number of carbonyl (C=O) groups is 1. The molecule has 11 nitrogen and oxygen atoms in total. The first-order valence-electron chi connectivity index (χ1n) is 11.9. The Hall–Kier alpha value is -2.86. The first-order valence-corrected chi connectivity index (χ1v) is 13.6. The van der Waals surface area contributed by atoms with Gasteiger partial charge in [0.15, 0.2) is 6.23 Å². The number of halogens is 2. The summed E-state index contributed by atoms with van der Waals surface area (Å²) in [6.45, 7) is 4.32. The number of benzene rings is 1. The highest BCUT2D eigenvalue weighted by Crippen LogP contribution is 2.53. The van der Waals surface area contributed by atoms with Crippen LogP contribution in [0.3, 0.4) is 0 Å². The second-order valence-corrected chi connectivity index (χ2v) is 11.4. The van der Waals surface area contributed by atoms with Gasteiger partial charge in [0.25, 0.3) is 5.56 Å². The zero-order valence-electron chi connectivity index (χ0n) is 21.3. The quantitative estimate of drug-likeness (QED) is 0.313. The number of para-hydroxylation sites is 1. The maximum Gasteiger partial charge on any atom is 0.380 e. The van der Waals surface area contributed by atoms with Crippen LogP contribution in [0.5, 0.6) is 5.75 Å². The lowest BCUT2D eigenvalue weighted by molar-refractivity contribution is -0.151. The Kier molecular flexibility index (Phi) is 9.30. The van der Waals surface area contributed by atoms with Crippen molar-refractivity contribution in [3.05, 3.63) is 63.4 Å². The molecule has 7 atom stereocenters. The number of nitrogens with one attached hydrogen (secondary N) is 1. The van der Waals surface area contributed by atoms with Gasteiger partial charge in [-0.05, 0) is 32.9 Å². The topological polar surface area (TPSA) is 146 Å². The van der Waals surface area contributed by atoms with Crippen molar-refractivity contribution in [2.45, 2.75) is 64.0 Å². The third-order valence-corrected chi connectivity index (χ3v) is 7.97. The van der Waals surface area contributed by atoms with Crippen LogP contribution >= 0.6 is 7.60 Å². The molecule has 2 heterocycles. The third-order valence-electron chi connectivity index (χ3n) is 5.84. The van der Waals surface area contributed by atoms with E-state index in [0.717, 1.165) is 12.3 Å². The predicted octanol–water partition coefficient (Wildman–Crippen LogP) is 2.74. The molecule has 1 saturated heterocycles. The Morgan fingerprint density at radius 2 is 1.87 bits per heavy atom. The summed E-state index contributed by atoms with van der Waals surface area (Å²) < 4.78 is 66.1. The number of alkyl halides is 2. The number of rotatable bonds is 11. The van der Waals surface area contributed by atoms with Crippen molar-refractivity contribution in [1.29, 1.82) is 0 Å². The number of hydrogen-bond acceptors (Lipinski definition) is 9. The van der Waals surface area contributed by atoms with E-state index >= 15 is 4.39 Å². The third kappa shape index (κ3) is 6.58. The number of hydrogen-bond donors (Lipinski definition) is 2. The number of aliphatic hydroxyl groups is 1. The second-order valence-electron chi connectivity index (χ2n) is 9.37. The van der Waals surface area contributed by atoms with E-state index < -0.39 is 79.9 Å². The summed E-state index contributed by atoms with van der Waals surface area (Å²) in [7, 11) is -4.21. The van der Waals surface area contributed by atoms with Crippen LogP contribution in [0.4, 0.5) is 8.78 Å². The molecule has 1 aliphatic rings. The highest BCUT2D eigenvalue weighted by Gasteiger charge is 2.61. The van der Waals surface area contributed by atoms with E-state index in [9.17, 15) is 28.4 Å². The van der Waals surface area contributed by atoms with Crippen LogP contribution in [0.25, 0.3) is 0 Å². The van der Waals surface area contributed by atoms with E-state index in [0.29, 0.717) is 4.57 Å². The molecule has 0 saturated carbocycles. The molecule has 0 spiro atoms. The van der Waals surface area contributed by atoms with Crippen LogP contribution in [-0.2, 0) is 23.4 Å². The molecular weight excluding hydrogens is 529 g/mol. The fourth-order valence-corrected chi connectivity index (χ4v) is 6.09. The number of H-pyrrole nitrogens is 1. The Bertz CT molecular complexity index is 1270. The van der Waals surface area contributed by atoms with E-state index in [1.54, 1.807) is 32.0 Å². The zero-order chi connectivity index (χ0) is 28.3. The number of ether oxygens (including phenoxy) is 2. The zero-order valence-corrected chi connectivity index (χ0v) is 22.2. The van der Waals surface area contributed by atoms with Crippen molar-refractivity contribution in [2.24, 2.45) is 5.92 Å². The molecule has 2 N–H and O–H groups in total. The smallest absolute Gasteiger partial charge is 0.380 e. The van der Waals surface area contributed by atoms with Crippen molar-refractivity contribution in [3.63, 3.8) is 0 Å². The highest BCUT2D eigenvalue weighted by molar-refractivity contribution is 7.54. The minimum Gasteiger partial charge on any atom is -0.463 e. The lowest BCUT2D eigenvalue weighted by Gasteiger charge is -2.29. The van der Waals surface area contributed by atoms with Gasteiger partial charge in [-0.3, -0.25) is 23.7 Å². The number of esters is 1. The maximum absolute atomic E-state index is 15.7. The van der Waals surface area contributed by atoms with Gasteiger partial charge >= 0.3 is 19.3 Å². The molecule has 0 aliphatic carbocycles. The summed E-state index contributed by atoms with van der Waals surface area (Å²) >= 11 is 0. The van der Waals surface area contributed by atoms with Crippen molar-refractivity contribution >= 4 is 13.6 Å². The van der Waals surface area contributed by atoms with Gasteiger partial charge in [0.1, 0.15) is 24.6 Å². The minimum absolute atomic E-state index is 0.154. The van der Waals surface area contributed by atoms with Gasteiger partial charge in [-0.1, -0.05) is 25.1 Å². The molecular formula is C24H31F2N2O9P. The molecule has 1 aliphatic heterocycles. The summed E-state index contributed by atoms with van der Waals surface area (Å²) in [6, 6.07) is 8.86. The summed E-state index contributed by atoms with van der Waals surface area (Å²) in [5.74, 6) is -1.43. The van der Waals surface area contributed by atoms with Crippen LogP contribution in [0.2, 0.25) is 0 Å². The normalized spacial score (nSPS) is 26.5. The second kappa shape index (κ2) is 11.9. The summed E-state index contributed by atoms with van der Waals surface area (Å²) in [4.78, 5) is 37.9. The van der Waals surface area contributed by atoms with Crippen LogP contribution in [0, 0.1) is 5.92 Å². The molecule has 1 aromatic heterocycles. The van der Waals surface area contributed by atoms with Crippen LogP contribution < -0.4 is 15.8 Å². The van der Waals surface area contributed by atoms with E-state index in [1.807, 2.05) is 4.98 Å². The van der Waals surface area contributed by atoms with Gasteiger partial charge in [-0.2, -0.15) is 0 Å². The van der Waals surface area contributed by atoms with Gasteiger partial charge in [-0.15, -0.1) is 0 Å². The van der Waals surface area contributed by atoms with Gasteiger partial charge in [0.05, 0.1) is 24.3 Å². The fourth-order valence-electron chi connectivity index (χ4n) is 3.99. The van der Waals surface area contributed by atoms with Crippen LogP contribution in [0.15, 0.2) is 52.2 Å². The maximum atomic E-state index is 15.7. The van der Waals surface area contributed by atoms with E-state index in [1.165, 1.54) is 26.0 Å². The number of aromatic nitrogens is 2. The SMILES string of the molecule is CC(C)OC(=O)[C@H](C)C[P@](=O)(Oc1ccccc1)O[C@@H](C)[C@H]1O[C@@H](n2ccc(=O)[nH]c2=O)C(F)(CF)[C@H]1O. The summed E-state index contributed by atoms with van der Waals surface area (Å²) in [6.07, 6.45) is -7.09. The highest BCUT2D eigenvalue weighted by atomic mass is 31.2. The Labute approximate surface area is 217 Å².